The molecule has 0 radical (unpaired) electrons. The molecule has 0 aromatic heterocycles. The summed E-state index contributed by atoms with van der Waals surface area (Å²) < 4.78 is 4.65. The van der Waals surface area contributed by atoms with Crippen molar-refractivity contribution in [1.82, 2.24) is 0 Å². The van der Waals surface area contributed by atoms with Crippen LogP contribution in [0.15, 0.2) is 0 Å². The topological polar surface area (TPSA) is 26.3 Å². The molecule has 0 aromatic carbocycles. The van der Waals surface area contributed by atoms with Crippen LogP contribution < -0.4 is 0 Å². The van der Waals surface area contributed by atoms with Crippen LogP contribution in [0.3, 0.4) is 0 Å². The van der Waals surface area contributed by atoms with Gasteiger partial charge in [-0.25, -0.2) is 0 Å². The predicted molar refractivity (Wildman–Crippen MR) is 84.0 cm³/mol. The number of methoxy groups -OCH3 is 1. The van der Waals surface area contributed by atoms with Crippen LogP contribution in [0.1, 0.15) is 87.5 Å². The number of hydrogen-bond donors (Lipinski definition) is 0. The Morgan fingerprint density at radius 3 is 1.39 bits per heavy atom. The molecule has 0 heterocycles. The summed E-state index contributed by atoms with van der Waals surface area (Å²) in [6.07, 6.45) is 5.74. The predicted octanol–water partition coefficient (Wildman–Crippen LogP) is 5.84. The van der Waals surface area contributed by atoms with E-state index in [9.17, 15) is 4.79 Å². The van der Waals surface area contributed by atoms with E-state index in [0.717, 1.165) is 12.8 Å². The second kappa shape index (κ2) is 30.0. The maximum absolute atomic E-state index is 10.9. The van der Waals surface area contributed by atoms with Crippen molar-refractivity contribution in [3.63, 3.8) is 0 Å². The minimum absolute atomic E-state index is 0.0142. The Morgan fingerprint density at radius 2 is 1.11 bits per heavy atom. The van der Waals surface area contributed by atoms with Gasteiger partial charge < -0.3 is 4.74 Å². The largest absolute Gasteiger partial charge is 0.469 e. The van der Waals surface area contributed by atoms with Crippen LogP contribution in [-0.4, -0.2) is 13.1 Å². The molecule has 2 heteroatoms. The zero-order chi connectivity index (χ0) is 15.4. The number of carbonyl (C=O) groups excluding carboxylic acids is 1. The summed E-state index contributed by atoms with van der Waals surface area (Å²) in [6, 6.07) is 0. The van der Waals surface area contributed by atoms with E-state index in [1.54, 1.807) is 0 Å². The molecule has 0 amide bonds. The molecule has 1 fully saturated rings. The maximum atomic E-state index is 10.9. The fraction of sp³-hybridized carbons (Fsp3) is 0.938. The van der Waals surface area contributed by atoms with E-state index in [0.29, 0.717) is 0 Å². The fourth-order valence-electron chi connectivity index (χ4n) is 1.50. The molecule has 1 aliphatic carbocycles. The Balaban J connectivity index is -0.000000105. The average molecular weight is 262 g/mol. The van der Waals surface area contributed by atoms with Crippen LogP contribution in [-0.2, 0) is 9.53 Å². The first-order chi connectivity index (χ1) is 8.84. The minimum Gasteiger partial charge on any atom is -0.469 e. The first kappa shape index (κ1) is 26.1. The molecule has 0 aliphatic heterocycles. The van der Waals surface area contributed by atoms with Gasteiger partial charge in [0.1, 0.15) is 0 Å². The molecule has 18 heavy (non-hydrogen) atoms. The van der Waals surface area contributed by atoms with Gasteiger partial charge in [0.2, 0.25) is 0 Å². The molecule has 1 rings (SSSR count). The molecular weight excluding hydrogens is 224 g/mol. The molecular formula is C16H38O2. The molecule has 0 atom stereocenters. The third-order valence-electron chi connectivity index (χ3n) is 2.14. The van der Waals surface area contributed by atoms with Crippen molar-refractivity contribution in [2.75, 3.05) is 7.11 Å². The van der Waals surface area contributed by atoms with Gasteiger partial charge in [-0.15, -0.1) is 0 Å². The van der Waals surface area contributed by atoms with Gasteiger partial charge in [0.15, 0.2) is 0 Å². The highest BCUT2D eigenvalue weighted by atomic mass is 16.5. The summed E-state index contributed by atoms with van der Waals surface area (Å²) in [6.45, 7) is 16.0. The third-order valence-corrected chi connectivity index (χ3v) is 2.14. The highest BCUT2D eigenvalue weighted by Crippen LogP contribution is 2.24. The zero-order valence-electron chi connectivity index (χ0n) is 14.4. The number of carbonyl (C=O) groups is 1. The summed E-state index contributed by atoms with van der Waals surface area (Å²) in [7, 11) is 1.47. The molecule has 0 aromatic rings. The SMILES string of the molecule is CC.CC.CC.CC.COC(=O)C1CCCCC1. The Bertz CT molecular complexity index is 116. The third kappa shape index (κ3) is 17.9. The van der Waals surface area contributed by atoms with E-state index in [2.05, 4.69) is 4.74 Å². The quantitative estimate of drug-likeness (QED) is 0.554. The van der Waals surface area contributed by atoms with Gasteiger partial charge in [0, 0.05) is 0 Å². The maximum Gasteiger partial charge on any atom is 0.308 e. The van der Waals surface area contributed by atoms with Crippen LogP contribution in [0.5, 0.6) is 0 Å². The lowest BCUT2D eigenvalue weighted by molar-refractivity contribution is -0.146. The minimum atomic E-state index is -0.0142. The highest BCUT2D eigenvalue weighted by Gasteiger charge is 2.20. The van der Waals surface area contributed by atoms with Crippen molar-refractivity contribution in [3.05, 3.63) is 0 Å². The van der Waals surface area contributed by atoms with Crippen LogP contribution in [0.2, 0.25) is 0 Å². The summed E-state index contributed by atoms with van der Waals surface area (Å²) >= 11 is 0. The van der Waals surface area contributed by atoms with E-state index in [1.165, 1.54) is 26.4 Å². The van der Waals surface area contributed by atoms with Gasteiger partial charge >= 0.3 is 5.97 Å². The monoisotopic (exact) mass is 262 g/mol. The van der Waals surface area contributed by atoms with Gasteiger partial charge in [-0.05, 0) is 12.8 Å². The molecule has 0 spiro atoms. The Morgan fingerprint density at radius 1 is 0.778 bits per heavy atom. The van der Waals surface area contributed by atoms with Gasteiger partial charge in [-0.2, -0.15) is 0 Å². The highest BCUT2D eigenvalue weighted by molar-refractivity contribution is 5.72. The molecule has 0 N–H and O–H groups in total. The molecule has 0 unspecified atom stereocenters. The number of esters is 1. The normalized spacial score (nSPS) is 12.7. The van der Waals surface area contributed by atoms with E-state index in [1.807, 2.05) is 55.4 Å². The number of ether oxygens (including phenoxy) is 1. The summed E-state index contributed by atoms with van der Waals surface area (Å²) in [4.78, 5) is 10.9. The molecule has 1 aliphatic rings. The summed E-state index contributed by atoms with van der Waals surface area (Å²) in [5.74, 6) is 0.193. The van der Waals surface area contributed by atoms with Crippen LogP contribution in [0.25, 0.3) is 0 Å². The van der Waals surface area contributed by atoms with E-state index < -0.39 is 0 Å². The lowest BCUT2D eigenvalue weighted by atomic mass is 9.89. The van der Waals surface area contributed by atoms with Crippen LogP contribution in [0, 0.1) is 5.92 Å². The van der Waals surface area contributed by atoms with E-state index in [4.69, 9.17) is 0 Å². The van der Waals surface area contributed by atoms with Gasteiger partial charge in [0.05, 0.1) is 13.0 Å². The smallest absolute Gasteiger partial charge is 0.308 e. The lowest BCUT2D eigenvalue weighted by Gasteiger charge is -2.18. The Labute approximate surface area is 117 Å². The van der Waals surface area contributed by atoms with Crippen molar-refractivity contribution in [2.45, 2.75) is 87.5 Å². The van der Waals surface area contributed by atoms with E-state index >= 15 is 0 Å². The van der Waals surface area contributed by atoms with Crippen molar-refractivity contribution in [3.8, 4) is 0 Å². The first-order valence-electron chi connectivity index (χ1n) is 7.92. The van der Waals surface area contributed by atoms with Crippen molar-refractivity contribution >= 4 is 5.97 Å². The fourth-order valence-corrected chi connectivity index (χ4v) is 1.50. The second-order valence-electron chi connectivity index (χ2n) is 2.86. The summed E-state index contributed by atoms with van der Waals surface area (Å²) in [5.41, 5.74) is 0. The Kier molecular flexibility index (Phi) is 43.5. The van der Waals surface area contributed by atoms with Crippen LogP contribution >= 0.6 is 0 Å². The van der Waals surface area contributed by atoms with Crippen molar-refractivity contribution in [1.29, 1.82) is 0 Å². The number of hydrogen-bond acceptors (Lipinski definition) is 2. The first-order valence-corrected chi connectivity index (χ1v) is 7.92. The van der Waals surface area contributed by atoms with Gasteiger partial charge in [-0.1, -0.05) is 74.7 Å². The standard InChI is InChI=1S/C8H14O2.4C2H6/c1-10-8(9)7-5-3-2-4-6-7;4*1-2/h7H,2-6H2,1H3;4*1-2H3. The molecule has 0 saturated heterocycles. The Hall–Kier alpha value is -0.530. The summed E-state index contributed by atoms with van der Waals surface area (Å²) in [5, 5.41) is 0. The zero-order valence-corrected chi connectivity index (χ0v) is 14.4. The lowest BCUT2D eigenvalue weighted by Crippen LogP contribution is -2.18. The van der Waals surface area contributed by atoms with Gasteiger partial charge in [-0.3, -0.25) is 4.79 Å². The van der Waals surface area contributed by atoms with Crippen molar-refractivity contribution < 1.29 is 9.53 Å². The molecule has 114 valence electrons. The second-order valence-corrected chi connectivity index (χ2v) is 2.86. The van der Waals surface area contributed by atoms with Crippen molar-refractivity contribution in [2.24, 2.45) is 5.92 Å². The number of rotatable bonds is 1. The van der Waals surface area contributed by atoms with Crippen LogP contribution in [0.4, 0.5) is 0 Å². The molecule has 0 bridgehead atoms. The molecule has 2 nitrogen and oxygen atoms in total. The average Bonchev–Trinajstić information content (AvgIpc) is 2.55. The van der Waals surface area contributed by atoms with Gasteiger partial charge in [0.25, 0.3) is 0 Å². The molecule has 1 saturated carbocycles. The van der Waals surface area contributed by atoms with E-state index in [-0.39, 0.29) is 11.9 Å².